The number of rotatable bonds is 7. The molecule has 0 aliphatic carbocycles. The molecule has 8 heteroatoms. The molecule has 3 rings (SSSR count). The number of amides is 1. The molecule has 0 aliphatic heterocycles. The Kier molecular flexibility index (Phi) is 5.69. The van der Waals surface area contributed by atoms with Crippen molar-refractivity contribution in [3.8, 4) is 23.0 Å². The molecule has 2 aromatic carbocycles. The number of fused-ring (bicyclic) bond motifs is 1. The van der Waals surface area contributed by atoms with Crippen LogP contribution in [-0.2, 0) is 0 Å². The fourth-order valence-corrected chi connectivity index (χ4v) is 2.69. The second-order valence-electron chi connectivity index (χ2n) is 5.84. The largest absolute Gasteiger partial charge is 0.504 e. The highest BCUT2D eigenvalue weighted by Gasteiger charge is 2.12. The van der Waals surface area contributed by atoms with Crippen molar-refractivity contribution in [1.82, 2.24) is 10.4 Å². The molecule has 0 unspecified atom stereocenters. The van der Waals surface area contributed by atoms with Gasteiger partial charge in [-0.15, -0.1) is 0 Å². The summed E-state index contributed by atoms with van der Waals surface area (Å²) >= 11 is 0. The van der Waals surface area contributed by atoms with E-state index in [9.17, 15) is 9.90 Å². The van der Waals surface area contributed by atoms with E-state index in [0.717, 1.165) is 10.9 Å². The summed E-state index contributed by atoms with van der Waals surface area (Å²) in [4.78, 5) is 15.4. The Labute approximate surface area is 161 Å². The van der Waals surface area contributed by atoms with Crippen molar-refractivity contribution in [1.29, 1.82) is 0 Å². The number of aromatic nitrogens is 1. The zero-order chi connectivity index (χ0) is 20.1. The Bertz CT molecular complexity index is 985. The molecule has 0 saturated carbocycles. The van der Waals surface area contributed by atoms with E-state index in [1.807, 2.05) is 6.92 Å². The van der Waals surface area contributed by atoms with Gasteiger partial charge in [0, 0.05) is 17.0 Å². The highest BCUT2D eigenvalue weighted by Crippen LogP contribution is 2.32. The van der Waals surface area contributed by atoms with Crippen molar-refractivity contribution in [2.24, 2.45) is 5.10 Å². The van der Waals surface area contributed by atoms with Crippen molar-refractivity contribution >= 4 is 23.0 Å². The Hall–Kier alpha value is -3.68. The molecule has 1 amide bonds. The molecule has 0 atom stereocenters. The second kappa shape index (κ2) is 8.34. The molecular weight excluding hydrogens is 362 g/mol. The van der Waals surface area contributed by atoms with Crippen LogP contribution in [0.5, 0.6) is 23.0 Å². The number of phenolic OH excluding ortho intramolecular Hbond substituents is 1. The molecule has 8 nitrogen and oxygen atoms in total. The Morgan fingerprint density at radius 3 is 2.61 bits per heavy atom. The van der Waals surface area contributed by atoms with Gasteiger partial charge in [0.05, 0.1) is 27.0 Å². The summed E-state index contributed by atoms with van der Waals surface area (Å²) in [6.45, 7) is 2.26. The summed E-state index contributed by atoms with van der Waals surface area (Å²) in [6, 6.07) is 10.1. The molecule has 3 aromatic rings. The van der Waals surface area contributed by atoms with Gasteiger partial charge in [0.2, 0.25) is 0 Å². The first-order valence-corrected chi connectivity index (χ1v) is 8.59. The maximum absolute atomic E-state index is 12.4. The van der Waals surface area contributed by atoms with E-state index in [2.05, 4.69) is 15.5 Å². The lowest BCUT2D eigenvalue weighted by molar-refractivity contribution is 0.0951. The maximum Gasteiger partial charge on any atom is 0.287 e. The number of nitrogens with one attached hydrogen (secondary N) is 2. The summed E-state index contributed by atoms with van der Waals surface area (Å²) in [5.74, 6) is 1.16. The van der Waals surface area contributed by atoms with E-state index < -0.39 is 5.91 Å². The fourth-order valence-electron chi connectivity index (χ4n) is 2.69. The lowest BCUT2D eigenvalue weighted by atomic mass is 10.2. The first kappa shape index (κ1) is 19.1. The number of nitrogens with zero attached hydrogens (tertiary/aromatic N) is 1. The number of hydrogen-bond acceptors (Lipinski definition) is 6. The minimum atomic E-state index is -0.394. The number of phenols is 1. The Balaban J connectivity index is 1.74. The van der Waals surface area contributed by atoms with Gasteiger partial charge in [-0.3, -0.25) is 4.79 Å². The first-order valence-electron chi connectivity index (χ1n) is 8.59. The molecular formula is C20H21N3O5. The summed E-state index contributed by atoms with van der Waals surface area (Å²) in [5.41, 5.74) is 4.23. The number of benzene rings is 2. The van der Waals surface area contributed by atoms with Gasteiger partial charge in [0.1, 0.15) is 5.69 Å². The normalized spacial score (nSPS) is 11.0. The van der Waals surface area contributed by atoms with Gasteiger partial charge < -0.3 is 24.3 Å². The topological polar surface area (TPSA) is 105 Å². The zero-order valence-electron chi connectivity index (χ0n) is 15.8. The Morgan fingerprint density at radius 2 is 1.89 bits per heavy atom. The van der Waals surface area contributed by atoms with Gasteiger partial charge in [-0.05, 0) is 42.8 Å². The average molecular weight is 383 g/mol. The van der Waals surface area contributed by atoms with Crippen LogP contribution in [0.15, 0.2) is 41.5 Å². The van der Waals surface area contributed by atoms with Gasteiger partial charge in [-0.25, -0.2) is 5.43 Å². The smallest absolute Gasteiger partial charge is 0.287 e. The Morgan fingerprint density at radius 1 is 1.14 bits per heavy atom. The standard InChI is InChI=1S/C20H21N3O5/c1-4-28-17-7-12(5-6-16(17)24)11-21-23-20(25)15-8-13-9-18(26-2)19(27-3)10-14(13)22-15/h5-11,22,24H,4H2,1-3H3,(H,23,25)/b21-11+. The number of aromatic hydroxyl groups is 1. The van der Waals surface area contributed by atoms with Crippen LogP contribution in [0.1, 0.15) is 23.0 Å². The van der Waals surface area contributed by atoms with Crippen LogP contribution in [0, 0.1) is 0 Å². The van der Waals surface area contributed by atoms with E-state index in [1.54, 1.807) is 44.6 Å². The minimum Gasteiger partial charge on any atom is -0.504 e. The number of ether oxygens (including phenoxy) is 3. The number of carbonyl (C=O) groups is 1. The number of carbonyl (C=O) groups excluding carboxylic acids is 1. The number of H-pyrrole nitrogens is 1. The molecule has 146 valence electrons. The number of hydrazone groups is 1. The molecule has 0 spiro atoms. The van der Waals surface area contributed by atoms with Gasteiger partial charge in [-0.1, -0.05) is 0 Å². The summed E-state index contributed by atoms with van der Waals surface area (Å²) in [6.07, 6.45) is 1.47. The van der Waals surface area contributed by atoms with Gasteiger partial charge in [-0.2, -0.15) is 5.10 Å². The highest BCUT2D eigenvalue weighted by molar-refractivity contribution is 5.99. The first-order chi connectivity index (χ1) is 13.5. The van der Waals surface area contributed by atoms with E-state index >= 15 is 0 Å². The van der Waals surface area contributed by atoms with E-state index in [-0.39, 0.29) is 5.75 Å². The predicted molar refractivity (Wildman–Crippen MR) is 106 cm³/mol. The van der Waals surface area contributed by atoms with Crippen LogP contribution in [-0.4, -0.2) is 43.0 Å². The molecule has 3 N–H and O–H groups in total. The SMILES string of the molecule is CCOc1cc(/C=N/NC(=O)c2cc3cc(OC)c(OC)cc3[nH]2)ccc1O. The van der Waals surface area contributed by atoms with Crippen LogP contribution < -0.4 is 19.6 Å². The van der Waals surface area contributed by atoms with Crippen LogP contribution in [0.3, 0.4) is 0 Å². The number of aromatic amines is 1. The number of methoxy groups -OCH3 is 2. The lowest BCUT2D eigenvalue weighted by Gasteiger charge is -2.06. The predicted octanol–water partition coefficient (Wildman–Crippen LogP) is 3.05. The zero-order valence-corrected chi connectivity index (χ0v) is 15.8. The van der Waals surface area contributed by atoms with Gasteiger partial charge >= 0.3 is 0 Å². The van der Waals surface area contributed by atoms with Crippen molar-refractivity contribution in [3.63, 3.8) is 0 Å². The monoisotopic (exact) mass is 383 g/mol. The molecule has 0 radical (unpaired) electrons. The molecule has 0 saturated heterocycles. The van der Waals surface area contributed by atoms with Crippen LogP contribution >= 0.6 is 0 Å². The third kappa shape index (κ3) is 4.01. The highest BCUT2D eigenvalue weighted by atomic mass is 16.5. The van der Waals surface area contributed by atoms with E-state index in [4.69, 9.17) is 14.2 Å². The average Bonchev–Trinajstić information content (AvgIpc) is 3.12. The fraction of sp³-hybridized carbons (Fsp3) is 0.200. The van der Waals surface area contributed by atoms with Crippen molar-refractivity contribution in [2.75, 3.05) is 20.8 Å². The van der Waals surface area contributed by atoms with Crippen molar-refractivity contribution in [3.05, 3.63) is 47.7 Å². The van der Waals surface area contributed by atoms with Crippen molar-refractivity contribution in [2.45, 2.75) is 6.92 Å². The van der Waals surface area contributed by atoms with Gasteiger partial charge in [0.15, 0.2) is 23.0 Å². The third-order valence-corrected chi connectivity index (χ3v) is 4.03. The van der Waals surface area contributed by atoms with E-state index in [1.165, 1.54) is 12.3 Å². The second-order valence-corrected chi connectivity index (χ2v) is 5.84. The quantitative estimate of drug-likeness (QED) is 0.430. The van der Waals surface area contributed by atoms with E-state index in [0.29, 0.717) is 35.1 Å². The van der Waals surface area contributed by atoms with Crippen LogP contribution in [0.25, 0.3) is 10.9 Å². The number of hydrogen-bond donors (Lipinski definition) is 3. The lowest BCUT2D eigenvalue weighted by Crippen LogP contribution is -2.17. The van der Waals surface area contributed by atoms with Crippen LogP contribution in [0.4, 0.5) is 0 Å². The minimum absolute atomic E-state index is 0.0481. The molecule has 1 aromatic heterocycles. The third-order valence-electron chi connectivity index (χ3n) is 4.03. The molecule has 0 bridgehead atoms. The molecule has 0 aliphatic rings. The molecule has 28 heavy (non-hydrogen) atoms. The molecule has 0 fully saturated rings. The maximum atomic E-state index is 12.4. The van der Waals surface area contributed by atoms with Crippen LogP contribution in [0.2, 0.25) is 0 Å². The molecule has 1 heterocycles. The summed E-state index contributed by atoms with van der Waals surface area (Å²) in [5, 5.41) is 14.5. The summed E-state index contributed by atoms with van der Waals surface area (Å²) < 4.78 is 15.9. The van der Waals surface area contributed by atoms with Crippen molar-refractivity contribution < 1.29 is 24.1 Å². The van der Waals surface area contributed by atoms with Gasteiger partial charge in [0.25, 0.3) is 5.91 Å². The summed E-state index contributed by atoms with van der Waals surface area (Å²) in [7, 11) is 3.11.